The molecule has 360 valence electrons. The number of rotatable bonds is 37. The minimum absolute atomic E-state index is 0.240. The Balaban J connectivity index is 1.88. The summed E-state index contributed by atoms with van der Waals surface area (Å²) in [6, 6.07) is -0.906. The Morgan fingerprint density at radius 3 is 1.51 bits per heavy atom. The van der Waals surface area contributed by atoms with Crippen molar-refractivity contribution in [3.8, 4) is 0 Å². The zero-order valence-electron chi connectivity index (χ0n) is 37.9. The first-order valence-electron chi connectivity index (χ1n) is 24.4. The van der Waals surface area contributed by atoms with Gasteiger partial charge in [0.25, 0.3) is 0 Å². The highest BCUT2D eigenvalue weighted by molar-refractivity contribution is 5.76. The molecular formula is C47H89NO13. The smallest absolute Gasteiger partial charge is 0.220 e. The Hall–Kier alpha value is -1.27. The van der Waals surface area contributed by atoms with Gasteiger partial charge < -0.3 is 65.1 Å². The second-order valence-electron chi connectivity index (χ2n) is 17.6. The van der Waals surface area contributed by atoms with Gasteiger partial charge in [0.05, 0.1) is 32.0 Å². The Morgan fingerprint density at radius 1 is 0.574 bits per heavy atom. The van der Waals surface area contributed by atoms with Crippen molar-refractivity contribution >= 4 is 5.91 Å². The first-order chi connectivity index (χ1) is 29.6. The summed E-state index contributed by atoms with van der Waals surface area (Å²) >= 11 is 0. The van der Waals surface area contributed by atoms with Crippen molar-refractivity contribution < 1.29 is 64.6 Å². The molecule has 14 heteroatoms. The van der Waals surface area contributed by atoms with Crippen LogP contribution in [0.4, 0.5) is 0 Å². The van der Waals surface area contributed by atoms with E-state index in [1.165, 1.54) is 122 Å². The molecule has 0 saturated carbocycles. The quantitative estimate of drug-likeness (QED) is 0.0274. The average Bonchev–Trinajstić information content (AvgIpc) is 3.26. The van der Waals surface area contributed by atoms with Gasteiger partial charge in [0.15, 0.2) is 12.6 Å². The zero-order valence-corrected chi connectivity index (χ0v) is 37.9. The Morgan fingerprint density at radius 2 is 1.02 bits per heavy atom. The Kier molecular flexibility index (Phi) is 32.1. The van der Waals surface area contributed by atoms with Crippen LogP contribution in [0, 0.1) is 0 Å². The lowest BCUT2D eigenvalue weighted by atomic mass is 9.97. The number of aliphatic hydroxyl groups is 8. The number of carbonyl (C=O) groups is 1. The summed E-state index contributed by atoms with van der Waals surface area (Å²) in [4.78, 5) is 13.1. The summed E-state index contributed by atoms with van der Waals surface area (Å²) < 4.78 is 22.7. The molecule has 0 aromatic heterocycles. The van der Waals surface area contributed by atoms with E-state index in [0.29, 0.717) is 6.42 Å². The van der Waals surface area contributed by atoms with Crippen LogP contribution in [0.25, 0.3) is 0 Å². The Labute approximate surface area is 367 Å². The monoisotopic (exact) mass is 876 g/mol. The lowest BCUT2D eigenvalue weighted by molar-refractivity contribution is -0.359. The van der Waals surface area contributed by atoms with Crippen LogP contribution in [0.15, 0.2) is 12.2 Å². The molecule has 2 rings (SSSR count). The first-order valence-corrected chi connectivity index (χ1v) is 24.4. The third-order valence-electron chi connectivity index (χ3n) is 12.2. The van der Waals surface area contributed by atoms with Crippen LogP contribution in [-0.2, 0) is 23.7 Å². The molecule has 2 aliphatic rings. The van der Waals surface area contributed by atoms with Gasteiger partial charge in [-0.2, -0.15) is 0 Å². The molecule has 14 nitrogen and oxygen atoms in total. The van der Waals surface area contributed by atoms with Crippen LogP contribution in [0.5, 0.6) is 0 Å². The van der Waals surface area contributed by atoms with Crippen LogP contribution in [0.2, 0.25) is 0 Å². The maximum absolute atomic E-state index is 13.1. The molecule has 0 aliphatic carbocycles. The minimum Gasteiger partial charge on any atom is -0.394 e. The van der Waals surface area contributed by atoms with E-state index in [4.69, 9.17) is 18.9 Å². The number of hydrogen-bond acceptors (Lipinski definition) is 13. The lowest BCUT2D eigenvalue weighted by Crippen LogP contribution is -2.65. The van der Waals surface area contributed by atoms with Gasteiger partial charge in [0, 0.05) is 6.42 Å². The summed E-state index contributed by atoms with van der Waals surface area (Å²) in [6.07, 6.45) is 18.2. The molecule has 12 atom stereocenters. The molecule has 0 radical (unpaired) electrons. The van der Waals surface area contributed by atoms with E-state index < -0.39 is 86.8 Å². The van der Waals surface area contributed by atoms with E-state index in [-0.39, 0.29) is 18.9 Å². The van der Waals surface area contributed by atoms with Crippen molar-refractivity contribution in [2.45, 2.75) is 261 Å². The molecule has 0 aromatic rings. The van der Waals surface area contributed by atoms with Gasteiger partial charge in [-0.3, -0.25) is 4.79 Å². The normalized spacial score (nSPS) is 28.0. The molecule has 0 bridgehead atoms. The van der Waals surface area contributed by atoms with Crippen molar-refractivity contribution in [3.05, 3.63) is 12.2 Å². The summed E-state index contributed by atoms with van der Waals surface area (Å²) in [6.45, 7) is 2.77. The number of amides is 1. The van der Waals surface area contributed by atoms with Gasteiger partial charge in [-0.1, -0.05) is 174 Å². The zero-order chi connectivity index (χ0) is 44.7. The topological polar surface area (TPSA) is 228 Å². The molecule has 2 saturated heterocycles. The van der Waals surface area contributed by atoms with Crippen LogP contribution in [-0.4, -0.2) is 140 Å². The predicted molar refractivity (Wildman–Crippen MR) is 235 cm³/mol. The molecule has 1 amide bonds. The highest BCUT2D eigenvalue weighted by Gasteiger charge is 2.51. The third kappa shape index (κ3) is 23.0. The molecule has 61 heavy (non-hydrogen) atoms. The van der Waals surface area contributed by atoms with Gasteiger partial charge in [0.2, 0.25) is 5.91 Å². The fourth-order valence-corrected chi connectivity index (χ4v) is 8.17. The van der Waals surface area contributed by atoms with Crippen molar-refractivity contribution in [3.63, 3.8) is 0 Å². The van der Waals surface area contributed by atoms with Crippen molar-refractivity contribution in [2.24, 2.45) is 0 Å². The maximum atomic E-state index is 13.1. The number of carbonyl (C=O) groups excluding carboxylic acids is 1. The summed E-state index contributed by atoms with van der Waals surface area (Å²) in [7, 11) is 0. The molecule has 2 aliphatic heterocycles. The van der Waals surface area contributed by atoms with E-state index >= 15 is 0 Å². The van der Waals surface area contributed by atoms with E-state index in [9.17, 15) is 45.6 Å². The van der Waals surface area contributed by atoms with Crippen molar-refractivity contribution in [1.29, 1.82) is 0 Å². The SMILES string of the molecule is CCCCCCCCCCCCCCC/C=C/[C@@H](O)[C@H](CO[C@@H]1O[C@H](CO)[C@@H](O[C@@H]2O[C@H](CO)[C@H](O)C(O)C2O)C(O)C1O)NC(=O)CCCCCCCCCCCCCC. The second kappa shape index (κ2) is 35.0. The number of hydrogen-bond donors (Lipinski definition) is 9. The molecule has 0 aromatic carbocycles. The predicted octanol–water partition coefficient (Wildman–Crippen LogP) is 5.60. The fraction of sp³-hybridized carbons (Fsp3) is 0.936. The van der Waals surface area contributed by atoms with Crippen LogP contribution >= 0.6 is 0 Å². The second-order valence-corrected chi connectivity index (χ2v) is 17.6. The fourth-order valence-electron chi connectivity index (χ4n) is 8.17. The summed E-state index contributed by atoms with van der Waals surface area (Å²) in [5, 5.41) is 86.6. The average molecular weight is 876 g/mol. The highest BCUT2D eigenvalue weighted by atomic mass is 16.7. The van der Waals surface area contributed by atoms with E-state index in [1.807, 2.05) is 6.08 Å². The van der Waals surface area contributed by atoms with E-state index in [0.717, 1.165) is 38.5 Å². The lowest BCUT2D eigenvalue weighted by Gasteiger charge is -2.46. The summed E-state index contributed by atoms with van der Waals surface area (Å²) in [5.74, 6) is -0.240. The standard InChI is InChI=1S/C47H89NO13/c1-3-5-7-9-11-13-15-17-18-19-20-22-24-26-28-30-36(51)35(48-39(52)31-29-27-25-23-21-16-14-12-10-8-6-4-2)34-58-46-44(57)42(55)45(38(33-50)60-46)61-47-43(56)41(54)40(53)37(32-49)59-47/h28,30,35-38,40-47,49-51,53-57H,3-27,29,31-34H2,1-2H3,(H,48,52)/b30-28+/t35-,36+,37+,38+,40-,41?,42?,43?,44?,45+,46+,47-/m0/s1. The van der Waals surface area contributed by atoms with Crippen LogP contribution in [0.3, 0.4) is 0 Å². The minimum atomic E-state index is -1.78. The molecular weight excluding hydrogens is 787 g/mol. The largest absolute Gasteiger partial charge is 0.394 e. The molecule has 2 heterocycles. The summed E-state index contributed by atoms with van der Waals surface area (Å²) in [5.41, 5.74) is 0. The molecule has 4 unspecified atom stereocenters. The Bertz CT molecular complexity index is 1080. The van der Waals surface area contributed by atoms with E-state index in [1.54, 1.807) is 6.08 Å². The first kappa shape index (κ1) is 55.9. The third-order valence-corrected chi connectivity index (χ3v) is 12.2. The number of allylic oxidation sites excluding steroid dienone is 1. The number of unbranched alkanes of at least 4 members (excludes halogenated alkanes) is 24. The maximum Gasteiger partial charge on any atom is 0.220 e. The molecule has 2 fully saturated rings. The molecule has 9 N–H and O–H groups in total. The number of aliphatic hydroxyl groups excluding tert-OH is 8. The van der Waals surface area contributed by atoms with Gasteiger partial charge in [0.1, 0.15) is 48.8 Å². The van der Waals surface area contributed by atoms with Crippen molar-refractivity contribution in [2.75, 3.05) is 19.8 Å². The number of nitrogens with one attached hydrogen (secondary N) is 1. The highest BCUT2D eigenvalue weighted by Crippen LogP contribution is 2.30. The van der Waals surface area contributed by atoms with Gasteiger partial charge in [-0.15, -0.1) is 0 Å². The number of ether oxygens (including phenoxy) is 4. The molecule has 0 spiro atoms. The van der Waals surface area contributed by atoms with Crippen molar-refractivity contribution in [1.82, 2.24) is 5.32 Å². The van der Waals surface area contributed by atoms with Gasteiger partial charge >= 0.3 is 0 Å². The van der Waals surface area contributed by atoms with Gasteiger partial charge in [-0.05, 0) is 19.3 Å². The van der Waals surface area contributed by atoms with E-state index in [2.05, 4.69) is 19.2 Å². The van der Waals surface area contributed by atoms with Crippen LogP contribution < -0.4 is 5.32 Å². The van der Waals surface area contributed by atoms with Gasteiger partial charge in [-0.25, -0.2) is 0 Å². The van der Waals surface area contributed by atoms with Crippen LogP contribution in [0.1, 0.15) is 187 Å².